The van der Waals surface area contributed by atoms with Gasteiger partial charge in [0, 0.05) is 17.7 Å². The maximum atomic E-state index is 5.79. The standard InChI is InChI=1S/C17H20N2OS/c1-12(2)20-17-15(8-5-9-18-17)19-16-11-21-10-13-6-3-4-7-14(13)16/h3-9,12,16,19H,10-11H2,1-2H3. The molecular formula is C17H20N2OS. The van der Waals surface area contributed by atoms with Gasteiger partial charge in [-0.1, -0.05) is 24.3 Å². The zero-order chi connectivity index (χ0) is 14.7. The molecule has 1 aliphatic heterocycles. The second kappa shape index (κ2) is 6.39. The summed E-state index contributed by atoms with van der Waals surface area (Å²) in [6, 6.07) is 12.9. The molecule has 0 saturated heterocycles. The van der Waals surface area contributed by atoms with Gasteiger partial charge in [-0.2, -0.15) is 11.8 Å². The van der Waals surface area contributed by atoms with Crippen molar-refractivity contribution in [2.75, 3.05) is 11.1 Å². The van der Waals surface area contributed by atoms with Crippen LogP contribution in [0.25, 0.3) is 0 Å². The highest BCUT2D eigenvalue weighted by atomic mass is 32.2. The lowest BCUT2D eigenvalue weighted by Gasteiger charge is -2.27. The van der Waals surface area contributed by atoms with E-state index in [2.05, 4.69) is 34.6 Å². The van der Waals surface area contributed by atoms with Crippen LogP contribution in [0.15, 0.2) is 42.6 Å². The van der Waals surface area contributed by atoms with E-state index in [-0.39, 0.29) is 6.10 Å². The Morgan fingerprint density at radius 3 is 2.95 bits per heavy atom. The molecule has 110 valence electrons. The summed E-state index contributed by atoms with van der Waals surface area (Å²) in [7, 11) is 0. The van der Waals surface area contributed by atoms with E-state index in [0.717, 1.165) is 17.2 Å². The fourth-order valence-electron chi connectivity index (χ4n) is 2.51. The van der Waals surface area contributed by atoms with Crippen LogP contribution in [0.3, 0.4) is 0 Å². The number of hydrogen-bond donors (Lipinski definition) is 1. The van der Waals surface area contributed by atoms with Crippen LogP contribution in [-0.4, -0.2) is 16.8 Å². The van der Waals surface area contributed by atoms with Crippen molar-refractivity contribution in [1.29, 1.82) is 0 Å². The Morgan fingerprint density at radius 2 is 2.10 bits per heavy atom. The van der Waals surface area contributed by atoms with Crippen LogP contribution >= 0.6 is 11.8 Å². The molecule has 0 saturated carbocycles. The maximum absolute atomic E-state index is 5.79. The van der Waals surface area contributed by atoms with Crippen molar-refractivity contribution in [2.45, 2.75) is 31.7 Å². The minimum Gasteiger partial charge on any atom is -0.473 e. The van der Waals surface area contributed by atoms with Gasteiger partial charge < -0.3 is 10.1 Å². The monoisotopic (exact) mass is 300 g/mol. The lowest BCUT2D eigenvalue weighted by Crippen LogP contribution is -2.20. The van der Waals surface area contributed by atoms with Crippen LogP contribution in [-0.2, 0) is 5.75 Å². The van der Waals surface area contributed by atoms with Crippen molar-refractivity contribution < 1.29 is 4.74 Å². The summed E-state index contributed by atoms with van der Waals surface area (Å²) in [5, 5.41) is 3.60. The van der Waals surface area contributed by atoms with Crippen LogP contribution in [0.2, 0.25) is 0 Å². The molecule has 2 aromatic rings. The van der Waals surface area contributed by atoms with E-state index in [9.17, 15) is 0 Å². The van der Waals surface area contributed by atoms with Crippen molar-refractivity contribution in [3.63, 3.8) is 0 Å². The predicted molar refractivity (Wildman–Crippen MR) is 89.0 cm³/mol. The molecule has 1 aromatic carbocycles. The summed E-state index contributed by atoms with van der Waals surface area (Å²) in [6.45, 7) is 4.04. The van der Waals surface area contributed by atoms with Crippen LogP contribution in [0.4, 0.5) is 5.69 Å². The van der Waals surface area contributed by atoms with E-state index in [4.69, 9.17) is 4.74 Å². The first-order valence-electron chi connectivity index (χ1n) is 7.28. The van der Waals surface area contributed by atoms with Gasteiger partial charge in [-0.05, 0) is 37.1 Å². The van der Waals surface area contributed by atoms with Crippen molar-refractivity contribution in [1.82, 2.24) is 4.98 Å². The molecule has 0 aliphatic carbocycles. The molecule has 1 aromatic heterocycles. The molecule has 3 nitrogen and oxygen atoms in total. The number of hydrogen-bond acceptors (Lipinski definition) is 4. The van der Waals surface area contributed by atoms with E-state index < -0.39 is 0 Å². The maximum Gasteiger partial charge on any atom is 0.237 e. The molecule has 0 bridgehead atoms. The average molecular weight is 300 g/mol. The Bertz CT molecular complexity index is 615. The molecule has 1 unspecified atom stereocenters. The third-order valence-corrected chi connectivity index (χ3v) is 4.50. The molecule has 2 heterocycles. The van der Waals surface area contributed by atoms with Gasteiger partial charge in [-0.15, -0.1) is 0 Å². The van der Waals surface area contributed by atoms with Crippen LogP contribution < -0.4 is 10.1 Å². The number of aromatic nitrogens is 1. The number of pyridine rings is 1. The number of anilines is 1. The van der Waals surface area contributed by atoms with Crippen LogP contribution in [0.1, 0.15) is 31.0 Å². The molecule has 0 radical (unpaired) electrons. The van der Waals surface area contributed by atoms with Gasteiger partial charge in [0.1, 0.15) is 0 Å². The van der Waals surface area contributed by atoms with Crippen molar-refractivity contribution >= 4 is 17.4 Å². The fraction of sp³-hybridized carbons (Fsp3) is 0.353. The number of fused-ring (bicyclic) bond motifs is 1. The lowest BCUT2D eigenvalue weighted by molar-refractivity contribution is 0.234. The molecule has 0 spiro atoms. The van der Waals surface area contributed by atoms with Crippen LogP contribution in [0.5, 0.6) is 5.88 Å². The van der Waals surface area contributed by atoms with Gasteiger partial charge in [0.05, 0.1) is 17.8 Å². The summed E-state index contributed by atoms with van der Waals surface area (Å²) in [4.78, 5) is 4.35. The first kappa shape index (κ1) is 14.3. The van der Waals surface area contributed by atoms with Gasteiger partial charge in [-0.25, -0.2) is 4.98 Å². The summed E-state index contributed by atoms with van der Waals surface area (Å²) >= 11 is 1.96. The fourth-order valence-corrected chi connectivity index (χ4v) is 3.61. The van der Waals surface area contributed by atoms with E-state index >= 15 is 0 Å². The normalized spacial score (nSPS) is 17.4. The van der Waals surface area contributed by atoms with Gasteiger partial charge in [-0.3, -0.25) is 0 Å². The Labute approximate surface area is 130 Å². The highest BCUT2D eigenvalue weighted by Gasteiger charge is 2.21. The molecule has 0 amide bonds. The second-order valence-corrected chi connectivity index (χ2v) is 6.46. The Hall–Kier alpha value is -1.68. The SMILES string of the molecule is CC(C)Oc1ncccc1NC1CSCc2ccccc21. The first-order chi connectivity index (χ1) is 10.2. The van der Waals surface area contributed by atoms with Crippen molar-refractivity contribution in [2.24, 2.45) is 0 Å². The van der Waals surface area contributed by atoms with E-state index in [0.29, 0.717) is 11.9 Å². The summed E-state index contributed by atoms with van der Waals surface area (Å²) in [5.74, 6) is 2.84. The highest BCUT2D eigenvalue weighted by Crippen LogP contribution is 2.35. The molecule has 4 heteroatoms. The first-order valence-corrected chi connectivity index (χ1v) is 8.43. The lowest BCUT2D eigenvalue weighted by atomic mass is 10.0. The summed E-state index contributed by atoms with van der Waals surface area (Å²) in [6.07, 6.45) is 1.89. The molecule has 21 heavy (non-hydrogen) atoms. The summed E-state index contributed by atoms with van der Waals surface area (Å²) in [5.41, 5.74) is 3.77. The molecule has 0 fully saturated rings. The number of benzene rings is 1. The Kier molecular flexibility index (Phi) is 4.34. The molecular weight excluding hydrogens is 280 g/mol. The average Bonchev–Trinajstić information content (AvgIpc) is 2.49. The number of thioether (sulfide) groups is 1. The molecule has 1 N–H and O–H groups in total. The van der Waals surface area contributed by atoms with E-state index in [1.165, 1.54) is 11.1 Å². The Morgan fingerprint density at radius 1 is 1.24 bits per heavy atom. The minimum atomic E-state index is 0.119. The largest absolute Gasteiger partial charge is 0.473 e. The number of nitrogens with zero attached hydrogens (tertiary/aromatic N) is 1. The predicted octanol–water partition coefficient (Wildman–Crippen LogP) is 4.27. The Balaban J connectivity index is 1.85. The minimum absolute atomic E-state index is 0.119. The van der Waals surface area contributed by atoms with E-state index in [1.807, 2.05) is 37.7 Å². The molecule has 1 aliphatic rings. The zero-order valence-electron chi connectivity index (χ0n) is 12.4. The quantitative estimate of drug-likeness (QED) is 0.914. The number of nitrogens with one attached hydrogen (secondary N) is 1. The van der Waals surface area contributed by atoms with Crippen molar-refractivity contribution in [3.05, 3.63) is 53.7 Å². The van der Waals surface area contributed by atoms with Gasteiger partial charge in [0.15, 0.2) is 0 Å². The van der Waals surface area contributed by atoms with Gasteiger partial charge in [0.2, 0.25) is 5.88 Å². The number of rotatable bonds is 4. The summed E-state index contributed by atoms with van der Waals surface area (Å²) < 4.78 is 5.79. The smallest absolute Gasteiger partial charge is 0.237 e. The second-order valence-electron chi connectivity index (χ2n) is 5.43. The van der Waals surface area contributed by atoms with Crippen molar-refractivity contribution in [3.8, 4) is 5.88 Å². The topological polar surface area (TPSA) is 34.1 Å². The van der Waals surface area contributed by atoms with E-state index in [1.54, 1.807) is 6.20 Å². The van der Waals surface area contributed by atoms with Gasteiger partial charge in [0.25, 0.3) is 0 Å². The van der Waals surface area contributed by atoms with Gasteiger partial charge >= 0.3 is 0 Å². The third kappa shape index (κ3) is 3.32. The zero-order valence-corrected chi connectivity index (χ0v) is 13.2. The van der Waals surface area contributed by atoms with Crippen LogP contribution in [0, 0.1) is 0 Å². The third-order valence-electron chi connectivity index (χ3n) is 3.42. The molecule has 3 rings (SSSR count). The number of ether oxygens (including phenoxy) is 1. The highest BCUT2D eigenvalue weighted by molar-refractivity contribution is 7.98. The molecule has 1 atom stereocenters.